The van der Waals surface area contributed by atoms with Gasteiger partial charge < -0.3 is 15.1 Å². The molecule has 0 amide bonds. The maximum absolute atomic E-state index is 13.5. The normalized spacial score (nSPS) is 12.4. The standard InChI is InChI=1S/C13H16F2N4O/c1-3-6-16-8(2)12-18-19-13(20-12)17-11-7-9(14)4-5-10(11)15/h4-5,7-8,16H,3,6H2,1-2H3,(H,17,19). The van der Waals surface area contributed by atoms with Gasteiger partial charge in [-0.15, -0.1) is 5.10 Å². The van der Waals surface area contributed by atoms with Gasteiger partial charge in [0.05, 0.1) is 11.7 Å². The summed E-state index contributed by atoms with van der Waals surface area (Å²) in [7, 11) is 0. The molecule has 0 fully saturated rings. The van der Waals surface area contributed by atoms with Gasteiger partial charge >= 0.3 is 6.01 Å². The van der Waals surface area contributed by atoms with E-state index in [9.17, 15) is 8.78 Å². The molecule has 5 nitrogen and oxygen atoms in total. The Kier molecular flexibility index (Phi) is 4.62. The molecular weight excluding hydrogens is 266 g/mol. The Bertz CT molecular complexity index is 573. The molecular formula is C13H16F2N4O. The van der Waals surface area contributed by atoms with Gasteiger partial charge in [0.15, 0.2) is 0 Å². The average molecular weight is 282 g/mol. The van der Waals surface area contributed by atoms with Gasteiger partial charge in [0.25, 0.3) is 0 Å². The second kappa shape index (κ2) is 6.42. The largest absolute Gasteiger partial charge is 0.406 e. The van der Waals surface area contributed by atoms with Crippen LogP contribution in [0.4, 0.5) is 20.5 Å². The molecule has 0 saturated heterocycles. The summed E-state index contributed by atoms with van der Waals surface area (Å²) in [5.74, 6) is -0.757. The van der Waals surface area contributed by atoms with Gasteiger partial charge in [-0.3, -0.25) is 0 Å². The molecule has 1 unspecified atom stereocenters. The molecule has 2 aromatic rings. The lowest BCUT2D eigenvalue weighted by atomic mass is 10.3. The third-order valence-electron chi connectivity index (χ3n) is 2.68. The van der Waals surface area contributed by atoms with Crippen molar-refractivity contribution in [1.82, 2.24) is 15.5 Å². The zero-order valence-corrected chi connectivity index (χ0v) is 11.3. The smallest absolute Gasteiger partial charge is 0.320 e. The van der Waals surface area contributed by atoms with E-state index in [4.69, 9.17) is 4.42 Å². The van der Waals surface area contributed by atoms with E-state index in [1.165, 1.54) is 0 Å². The predicted octanol–water partition coefficient (Wildman–Crippen LogP) is 3.15. The first kappa shape index (κ1) is 14.4. The first-order chi connectivity index (χ1) is 9.60. The first-order valence-electron chi connectivity index (χ1n) is 6.39. The summed E-state index contributed by atoms with van der Waals surface area (Å²) in [6, 6.07) is 3.01. The number of hydrogen-bond donors (Lipinski definition) is 2. The number of anilines is 2. The minimum Gasteiger partial charge on any atom is -0.406 e. The van der Waals surface area contributed by atoms with Crippen LogP contribution in [-0.2, 0) is 0 Å². The van der Waals surface area contributed by atoms with Crippen LogP contribution in [-0.4, -0.2) is 16.7 Å². The summed E-state index contributed by atoms with van der Waals surface area (Å²) in [6.45, 7) is 4.76. The summed E-state index contributed by atoms with van der Waals surface area (Å²) in [5, 5.41) is 13.4. The van der Waals surface area contributed by atoms with Gasteiger partial charge in [-0.05, 0) is 32.0 Å². The van der Waals surface area contributed by atoms with Crippen LogP contribution in [0.25, 0.3) is 0 Å². The Hall–Kier alpha value is -2.02. The van der Waals surface area contributed by atoms with E-state index < -0.39 is 11.6 Å². The lowest BCUT2D eigenvalue weighted by Crippen LogP contribution is -2.19. The summed E-state index contributed by atoms with van der Waals surface area (Å²) in [5.41, 5.74) is -0.0469. The predicted molar refractivity (Wildman–Crippen MR) is 70.6 cm³/mol. The van der Waals surface area contributed by atoms with E-state index >= 15 is 0 Å². The van der Waals surface area contributed by atoms with Crippen molar-refractivity contribution in [3.8, 4) is 0 Å². The highest BCUT2D eigenvalue weighted by atomic mass is 19.1. The second-order valence-electron chi connectivity index (χ2n) is 4.37. The fourth-order valence-electron chi connectivity index (χ4n) is 1.62. The number of nitrogens with zero attached hydrogens (tertiary/aromatic N) is 2. The fourth-order valence-corrected chi connectivity index (χ4v) is 1.62. The topological polar surface area (TPSA) is 63.0 Å². The molecule has 0 bridgehead atoms. The third-order valence-corrected chi connectivity index (χ3v) is 2.68. The van der Waals surface area contributed by atoms with E-state index in [-0.39, 0.29) is 17.7 Å². The number of nitrogens with one attached hydrogen (secondary N) is 2. The van der Waals surface area contributed by atoms with E-state index in [1.807, 2.05) is 13.8 Å². The van der Waals surface area contributed by atoms with E-state index in [1.54, 1.807) is 0 Å². The van der Waals surface area contributed by atoms with Crippen molar-refractivity contribution in [2.24, 2.45) is 0 Å². The molecule has 1 aromatic heterocycles. The van der Waals surface area contributed by atoms with Crippen LogP contribution in [0.3, 0.4) is 0 Å². The van der Waals surface area contributed by atoms with Gasteiger partial charge in [-0.2, -0.15) is 0 Å². The number of rotatable bonds is 6. The van der Waals surface area contributed by atoms with Crippen molar-refractivity contribution in [2.75, 3.05) is 11.9 Å². The zero-order valence-electron chi connectivity index (χ0n) is 11.3. The minimum absolute atomic E-state index is 0.0228. The van der Waals surface area contributed by atoms with Crippen LogP contribution in [0.2, 0.25) is 0 Å². The zero-order chi connectivity index (χ0) is 14.5. The molecule has 1 heterocycles. The molecule has 0 aliphatic carbocycles. The maximum Gasteiger partial charge on any atom is 0.320 e. The lowest BCUT2D eigenvalue weighted by Gasteiger charge is -2.07. The molecule has 0 aliphatic heterocycles. The van der Waals surface area contributed by atoms with Crippen LogP contribution in [0.5, 0.6) is 0 Å². The second-order valence-corrected chi connectivity index (χ2v) is 4.37. The van der Waals surface area contributed by atoms with E-state index in [0.717, 1.165) is 31.2 Å². The molecule has 20 heavy (non-hydrogen) atoms. The average Bonchev–Trinajstić information content (AvgIpc) is 2.89. The van der Waals surface area contributed by atoms with Crippen LogP contribution < -0.4 is 10.6 Å². The van der Waals surface area contributed by atoms with Crippen molar-refractivity contribution >= 4 is 11.7 Å². The molecule has 2 N–H and O–H groups in total. The van der Waals surface area contributed by atoms with Gasteiger partial charge in [-0.1, -0.05) is 12.0 Å². The Morgan fingerprint density at radius 2 is 2.10 bits per heavy atom. The highest BCUT2D eigenvalue weighted by Crippen LogP contribution is 2.21. The number of benzene rings is 1. The number of hydrogen-bond acceptors (Lipinski definition) is 5. The molecule has 1 atom stereocenters. The summed E-state index contributed by atoms with van der Waals surface area (Å²) in [6.07, 6.45) is 0.984. The Morgan fingerprint density at radius 3 is 2.85 bits per heavy atom. The molecule has 1 aromatic carbocycles. The number of aromatic nitrogens is 2. The molecule has 2 rings (SSSR count). The van der Waals surface area contributed by atoms with Gasteiger partial charge in [-0.25, -0.2) is 8.78 Å². The van der Waals surface area contributed by atoms with Gasteiger partial charge in [0.1, 0.15) is 11.6 Å². The van der Waals surface area contributed by atoms with Gasteiger partial charge in [0.2, 0.25) is 5.89 Å². The molecule has 108 valence electrons. The van der Waals surface area contributed by atoms with Crippen LogP contribution >= 0.6 is 0 Å². The Balaban J connectivity index is 2.07. The molecule has 0 saturated carbocycles. The highest BCUT2D eigenvalue weighted by Gasteiger charge is 2.14. The first-order valence-corrected chi connectivity index (χ1v) is 6.39. The van der Waals surface area contributed by atoms with E-state index in [2.05, 4.69) is 20.8 Å². The molecule has 0 spiro atoms. The quantitative estimate of drug-likeness (QED) is 0.852. The van der Waals surface area contributed by atoms with Crippen molar-refractivity contribution in [3.05, 3.63) is 35.7 Å². The Labute approximate surface area is 115 Å². The summed E-state index contributed by atoms with van der Waals surface area (Å²) >= 11 is 0. The van der Waals surface area contributed by atoms with Crippen LogP contribution in [0.15, 0.2) is 22.6 Å². The lowest BCUT2D eigenvalue weighted by molar-refractivity contribution is 0.424. The monoisotopic (exact) mass is 282 g/mol. The maximum atomic E-state index is 13.5. The van der Waals surface area contributed by atoms with Crippen molar-refractivity contribution in [2.45, 2.75) is 26.3 Å². The SMILES string of the molecule is CCCNC(C)c1nnc(Nc2cc(F)ccc2F)o1. The van der Waals surface area contributed by atoms with Gasteiger partial charge in [0, 0.05) is 6.07 Å². The molecule has 0 radical (unpaired) electrons. The fraction of sp³-hybridized carbons (Fsp3) is 0.385. The van der Waals surface area contributed by atoms with Crippen molar-refractivity contribution in [3.63, 3.8) is 0 Å². The van der Waals surface area contributed by atoms with E-state index in [0.29, 0.717) is 5.89 Å². The van der Waals surface area contributed by atoms with Crippen molar-refractivity contribution < 1.29 is 13.2 Å². The van der Waals surface area contributed by atoms with Crippen LogP contribution in [0.1, 0.15) is 32.2 Å². The molecule has 7 heteroatoms. The van der Waals surface area contributed by atoms with Crippen LogP contribution in [0, 0.1) is 11.6 Å². The Morgan fingerprint density at radius 1 is 1.30 bits per heavy atom. The number of halogens is 2. The minimum atomic E-state index is -0.594. The summed E-state index contributed by atoms with van der Waals surface area (Å²) in [4.78, 5) is 0. The summed E-state index contributed by atoms with van der Waals surface area (Å²) < 4.78 is 31.9. The van der Waals surface area contributed by atoms with Crippen molar-refractivity contribution in [1.29, 1.82) is 0 Å². The highest BCUT2D eigenvalue weighted by molar-refractivity contribution is 5.52. The molecule has 0 aliphatic rings. The third kappa shape index (κ3) is 3.51.